The van der Waals surface area contributed by atoms with Crippen LogP contribution in [0.4, 0.5) is 0 Å². The van der Waals surface area contributed by atoms with E-state index in [0.717, 1.165) is 28.4 Å². The number of ether oxygens (including phenoxy) is 1. The molecule has 0 saturated heterocycles. The van der Waals surface area contributed by atoms with Crippen LogP contribution in [-0.4, -0.2) is 34.5 Å². The molecule has 3 aliphatic rings. The molecule has 0 atom stereocenters. The van der Waals surface area contributed by atoms with Crippen LogP contribution < -0.4 is 0 Å². The van der Waals surface area contributed by atoms with Crippen molar-refractivity contribution in [3.63, 3.8) is 0 Å². The predicted molar refractivity (Wildman–Crippen MR) is 93.9 cm³/mol. The average Bonchev–Trinajstić information content (AvgIpc) is 3.37. The van der Waals surface area contributed by atoms with Crippen LogP contribution in [0.5, 0.6) is 0 Å². The van der Waals surface area contributed by atoms with Gasteiger partial charge in [0.1, 0.15) is 11.1 Å². The first-order valence-electron chi connectivity index (χ1n) is 8.52. The second kappa shape index (κ2) is 4.84. The Bertz CT molecular complexity index is 741. The molecule has 0 radical (unpaired) electrons. The van der Waals surface area contributed by atoms with Crippen LogP contribution in [0.25, 0.3) is 0 Å². The van der Waals surface area contributed by atoms with Crippen molar-refractivity contribution in [2.24, 2.45) is 0 Å². The van der Waals surface area contributed by atoms with Crippen LogP contribution in [0.3, 0.4) is 0 Å². The monoisotopic (exact) mass is 391 g/mol. The van der Waals surface area contributed by atoms with Gasteiger partial charge in [0, 0.05) is 22.0 Å². The summed E-state index contributed by atoms with van der Waals surface area (Å²) in [7, 11) is 0. The number of fused-ring (bicyclic) bond motifs is 2. The minimum Gasteiger partial charge on any atom is -0.458 e. The van der Waals surface area contributed by atoms with E-state index in [9.17, 15) is 9.59 Å². The van der Waals surface area contributed by atoms with Gasteiger partial charge in [-0.25, -0.2) is 4.79 Å². The van der Waals surface area contributed by atoms with Crippen molar-refractivity contribution >= 4 is 27.8 Å². The van der Waals surface area contributed by atoms with E-state index >= 15 is 0 Å². The van der Waals surface area contributed by atoms with Gasteiger partial charge in [0.2, 0.25) is 0 Å². The molecule has 2 fully saturated rings. The van der Waals surface area contributed by atoms with Crippen LogP contribution in [0.15, 0.2) is 22.7 Å². The number of carbonyl (C=O) groups is 2. The summed E-state index contributed by atoms with van der Waals surface area (Å²) >= 11 is 3.51. The Kier molecular flexibility index (Phi) is 3.25. The first kappa shape index (κ1) is 16.1. The highest BCUT2D eigenvalue weighted by Gasteiger charge is 2.63. The number of carbonyl (C=O) groups excluding carboxylic acids is 2. The van der Waals surface area contributed by atoms with Gasteiger partial charge in [-0.15, -0.1) is 0 Å². The third-order valence-electron chi connectivity index (χ3n) is 5.36. The molecule has 5 heteroatoms. The largest absolute Gasteiger partial charge is 0.458 e. The molecule has 24 heavy (non-hydrogen) atoms. The van der Waals surface area contributed by atoms with E-state index in [2.05, 4.69) is 22.0 Å². The van der Waals surface area contributed by atoms with Gasteiger partial charge in [-0.1, -0.05) is 15.9 Å². The quantitative estimate of drug-likeness (QED) is 0.720. The molecular weight excluding hydrogens is 370 g/mol. The van der Waals surface area contributed by atoms with Gasteiger partial charge in [0.15, 0.2) is 0 Å². The standard InChI is InChI=1S/C19H22BrNO3/c1-17(2,3)24-16(23)19(8-9-19)21-11-18(6-7-18)14-10-12(20)4-5-13(14)15(21)22/h4-5,10H,6-9,11H2,1-3H3. The minimum atomic E-state index is -0.745. The number of esters is 1. The molecule has 0 unspecified atom stereocenters. The normalized spacial score (nSPS) is 23.0. The fourth-order valence-electron chi connectivity index (χ4n) is 3.75. The molecule has 1 aliphatic heterocycles. The van der Waals surface area contributed by atoms with E-state index in [1.54, 1.807) is 0 Å². The Morgan fingerprint density at radius 1 is 1.21 bits per heavy atom. The lowest BCUT2D eigenvalue weighted by atomic mass is 9.85. The van der Waals surface area contributed by atoms with Gasteiger partial charge in [-0.2, -0.15) is 0 Å². The Labute approximate surface area is 150 Å². The summed E-state index contributed by atoms with van der Waals surface area (Å²) in [6, 6.07) is 5.87. The molecule has 4 rings (SSSR count). The third-order valence-corrected chi connectivity index (χ3v) is 5.86. The maximum Gasteiger partial charge on any atom is 0.332 e. The topological polar surface area (TPSA) is 46.6 Å². The molecule has 1 spiro atoms. The number of amides is 1. The first-order valence-corrected chi connectivity index (χ1v) is 9.32. The lowest BCUT2D eigenvalue weighted by Gasteiger charge is -2.40. The molecule has 1 aromatic carbocycles. The van der Waals surface area contributed by atoms with Crippen molar-refractivity contribution in [3.8, 4) is 0 Å². The minimum absolute atomic E-state index is 0.0293. The van der Waals surface area contributed by atoms with E-state index in [0.29, 0.717) is 19.4 Å². The number of hydrogen-bond donors (Lipinski definition) is 0. The van der Waals surface area contributed by atoms with Gasteiger partial charge in [-0.05, 0) is 70.2 Å². The summed E-state index contributed by atoms with van der Waals surface area (Å²) in [5.74, 6) is -0.280. The molecule has 4 nitrogen and oxygen atoms in total. The zero-order valence-corrected chi connectivity index (χ0v) is 15.9. The van der Waals surface area contributed by atoms with Gasteiger partial charge >= 0.3 is 5.97 Å². The molecule has 0 N–H and O–H groups in total. The summed E-state index contributed by atoms with van der Waals surface area (Å²) < 4.78 is 6.62. The zero-order chi connectivity index (χ0) is 17.3. The second-order valence-corrected chi connectivity index (χ2v) is 9.31. The van der Waals surface area contributed by atoms with Crippen LogP contribution in [0.2, 0.25) is 0 Å². The van der Waals surface area contributed by atoms with Crippen molar-refractivity contribution in [3.05, 3.63) is 33.8 Å². The van der Waals surface area contributed by atoms with Crippen molar-refractivity contribution < 1.29 is 14.3 Å². The van der Waals surface area contributed by atoms with E-state index < -0.39 is 11.1 Å². The van der Waals surface area contributed by atoms with E-state index in [1.165, 1.54) is 0 Å². The number of benzene rings is 1. The second-order valence-electron chi connectivity index (χ2n) is 8.40. The van der Waals surface area contributed by atoms with Crippen molar-refractivity contribution in [2.45, 2.75) is 63.0 Å². The Hall–Kier alpha value is -1.36. The highest BCUT2D eigenvalue weighted by molar-refractivity contribution is 9.10. The third kappa shape index (κ3) is 2.40. The molecule has 1 heterocycles. The smallest absolute Gasteiger partial charge is 0.332 e. The van der Waals surface area contributed by atoms with Crippen LogP contribution >= 0.6 is 15.9 Å². The Balaban J connectivity index is 1.70. The van der Waals surface area contributed by atoms with Crippen molar-refractivity contribution in [1.29, 1.82) is 0 Å². The molecule has 1 amide bonds. The maximum absolute atomic E-state index is 13.1. The van der Waals surface area contributed by atoms with E-state index in [4.69, 9.17) is 4.74 Å². The molecule has 0 bridgehead atoms. The number of rotatable bonds is 2. The van der Waals surface area contributed by atoms with Crippen LogP contribution in [0.1, 0.15) is 62.4 Å². The molecule has 2 saturated carbocycles. The van der Waals surface area contributed by atoms with Crippen LogP contribution in [0, 0.1) is 0 Å². The SMILES string of the molecule is CC(C)(C)OC(=O)C1(N2CC3(CC3)c3cc(Br)ccc3C2=O)CC1. The average molecular weight is 392 g/mol. The highest BCUT2D eigenvalue weighted by atomic mass is 79.9. The fourth-order valence-corrected chi connectivity index (χ4v) is 4.11. The van der Waals surface area contributed by atoms with Gasteiger partial charge in [0.25, 0.3) is 5.91 Å². The molecule has 0 aromatic heterocycles. The predicted octanol–water partition coefficient (Wildman–Crippen LogP) is 3.81. The summed E-state index contributed by atoms with van der Waals surface area (Å²) in [5.41, 5.74) is 0.635. The number of hydrogen-bond acceptors (Lipinski definition) is 3. The van der Waals surface area contributed by atoms with E-state index in [1.807, 2.05) is 37.8 Å². The number of nitrogens with zero attached hydrogens (tertiary/aromatic N) is 1. The van der Waals surface area contributed by atoms with Gasteiger partial charge in [0.05, 0.1) is 0 Å². The number of halogens is 1. The van der Waals surface area contributed by atoms with E-state index in [-0.39, 0.29) is 17.3 Å². The fraction of sp³-hybridized carbons (Fsp3) is 0.579. The highest BCUT2D eigenvalue weighted by Crippen LogP contribution is 2.56. The van der Waals surface area contributed by atoms with Gasteiger partial charge < -0.3 is 9.64 Å². The van der Waals surface area contributed by atoms with Crippen molar-refractivity contribution in [1.82, 2.24) is 4.90 Å². The maximum atomic E-state index is 13.1. The summed E-state index contributed by atoms with van der Waals surface area (Å²) in [4.78, 5) is 27.7. The summed E-state index contributed by atoms with van der Waals surface area (Å²) in [6.45, 7) is 6.24. The molecule has 128 valence electrons. The van der Waals surface area contributed by atoms with Crippen LogP contribution in [-0.2, 0) is 14.9 Å². The Morgan fingerprint density at radius 3 is 2.42 bits per heavy atom. The van der Waals surface area contributed by atoms with Crippen molar-refractivity contribution in [2.75, 3.05) is 6.54 Å². The zero-order valence-electron chi connectivity index (χ0n) is 14.3. The molecular formula is C19H22BrNO3. The Morgan fingerprint density at radius 2 is 1.88 bits per heavy atom. The molecule has 2 aliphatic carbocycles. The lowest BCUT2D eigenvalue weighted by Crippen LogP contribution is -2.54. The summed E-state index contributed by atoms with van der Waals surface area (Å²) in [5, 5.41) is 0. The van der Waals surface area contributed by atoms with Gasteiger partial charge in [-0.3, -0.25) is 4.79 Å². The first-order chi connectivity index (χ1) is 11.2. The molecule has 1 aromatic rings. The lowest BCUT2D eigenvalue weighted by molar-refractivity contribution is -0.162. The summed E-state index contributed by atoms with van der Waals surface area (Å²) in [6.07, 6.45) is 3.56.